The molecule has 21 heavy (non-hydrogen) atoms. The Morgan fingerprint density at radius 3 is 2.71 bits per heavy atom. The Hall–Kier alpha value is -0.600. The third-order valence-electron chi connectivity index (χ3n) is 7.43. The molecule has 5 unspecified atom stereocenters. The summed E-state index contributed by atoms with van der Waals surface area (Å²) >= 11 is 0. The third-order valence-corrected chi connectivity index (χ3v) is 7.43. The van der Waals surface area contributed by atoms with Gasteiger partial charge in [0.25, 0.3) is 0 Å². The van der Waals surface area contributed by atoms with Crippen molar-refractivity contribution in [3.05, 3.63) is 23.8 Å². The lowest BCUT2D eigenvalue weighted by molar-refractivity contribution is -0.0649. The Labute approximate surface area is 127 Å². The zero-order valence-electron chi connectivity index (χ0n) is 13.3. The van der Waals surface area contributed by atoms with Gasteiger partial charge in [0, 0.05) is 0 Å². The lowest BCUT2D eigenvalue weighted by Crippen LogP contribution is -2.53. The summed E-state index contributed by atoms with van der Waals surface area (Å²) in [4.78, 5) is 0. The summed E-state index contributed by atoms with van der Waals surface area (Å²) in [6.45, 7) is 4.78. The van der Waals surface area contributed by atoms with E-state index in [0.29, 0.717) is 17.3 Å². The molecule has 0 heterocycles. The summed E-state index contributed by atoms with van der Waals surface area (Å²) in [6.07, 6.45) is 12.7. The Balaban J connectivity index is 1.72. The maximum Gasteiger partial charge on any atom is 0.0759 e. The fourth-order valence-corrected chi connectivity index (χ4v) is 6.24. The highest BCUT2D eigenvalue weighted by Crippen LogP contribution is 2.63. The summed E-state index contributed by atoms with van der Waals surface area (Å²) in [6, 6.07) is 0. The molecule has 2 N–H and O–H groups in total. The van der Waals surface area contributed by atoms with E-state index in [4.69, 9.17) is 0 Å². The van der Waals surface area contributed by atoms with Gasteiger partial charge in [-0.3, -0.25) is 0 Å². The number of hydrogen-bond donors (Lipinski definition) is 2. The predicted molar refractivity (Wildman–Crippen MR) is 83.6 cm³/mol. The minimum atomic E-state index is -0.346. The van der Waals surface area contributed by atoms with E-state index >= 15 is 0 Å². The number of fused-ring (bicyclic) bond motifs is 5. The quantitative estimate of drug-likeness (QED) is 0.670. The van der Waals surface area contributed by atoms with E-state index in [1.807, 2.05) is 6.08 Å². The molecule has 4 aliphatic carbocycles. The van der Waals surface area contributed by atoms with Crippen LogP contribution in [0, 0.1) is 28.6 Å². The summed E-state index contributed by atoms with van der Waals surface area (Å²) in [5.74, 6) is 2.06. The maximum absolute atomic E-state index is 10.7. The summed E-state index contributed by atoms with van der Waals surface area (Å²) in [7, 11) is 0. The van der Waals surface area contributed by atoms with Gasteiger partial charge in [-0.05, 0) is 72.7 Å². The summed E-state index contributed by atoms with van der Waals surface area (Å²) in [5, 5.41) is 20.7. The molecule has 0 saturated heterocycles. The van der Waals surface area contributed by atoms with Crippen molar-refractivity contribution in [2.24, 2.45) is 28.6 Å². The number of rotatable bonds is 0. The zero-order valence-corrected chi connectivity index (χ0v) is 13.3. The van der Waals surface area contributed by atoms with Crippen LogP contribution in [0.5, 0.6) is 0 Å². The molecule has 2 fully saturated rings. The molecule has 116 valence electrons. The standard InChI is InChI=1S/C19H28O2/c1-18-7-3-4-14(18)13-11-17(21)16-10-12(20)5-9-19(16,2)15(13)6-8-18/h3,7,10,12-15,17,20-21H,4-6,8-9,11H2,1-2H3/t12?,13?,14?,15?,17?,18-,19+/m0/s1. The fraction of sp³-hybridized carbons (Fsp3) is 0.789. The molecule has 2 nitrogen and oxygen atoms in total. The van der Waals surface area contributed by atoms with Gasteiger partial charge in [0.1, 0.15) is 0 Å². The molecule has 0 radical (unpaired) electrons. The molecule has 2 heteroatoms. The molecule has 2 saturated carbocycles. The molecule has 0 aromatic carbocycles. The van der Waals surface area contributed by atoms with E-state index in [1.165, 1.54) is 19.3 Å². The van der Waals surface area contributed by atoms with E-state index in [-0.39, 0.29) is 17.6 Å². The van der Waals surface area contributed by atoms with Crippen LogP contribution in [0.2, 0.25) is 0 Å². The average molecular weight is 288 g/mol. The topological polar surface area (TPSA) is 40.5 Å². The Bertz CT molecular complexity index is 508. The second-order valence-corrected chi connectivity index (χ2v) is 8.46. The second-order valence-electron chi connectivity index (χ2n) is 8.46. The number of aliphatic hydroxyl groups excluding tert-OH is 2. The van der Waals surface area contributed by atoms with Gasteiger partial charge < -0.3 is 10.2 Å². The molecule has 0 aromatic rings. The highest BCUT2D eigenvalue weighted by molar-refractivity contribution is 5.29. The highest BCUT2D eigenvalue weighted by Gasteiger charge is 2.57. The number of hydrogen-bond acceptors (Lipinski definition) is 2. The van der Waals surface area contributed by atoms with E-state index in [9.17, 15) is 10.2 Å². The van der Waals surface area contributed by atoms with Crippen molar-refractivity contribution in [2.75, 3.05) is 0 Å². The molecule has 4 aliphatic rings. The molecule has 4 rings (SSSR count). The Morgan fingerprint density at radius 1 is 1.10 bits per heavy atom. The first-order valence-corrected chi connectivity index (χ1v) is 8.70. The van der Waals surface area contributed by atoms with Crippen LogP contribution in [0.1, 0.15) is 52.4 Å². The monoisotopic (exact) mass is 288 g/mol. The average Bonchev–Trinajstić information content (AvgIpc) is 2.83. The van der Waals surface area contributed by atoms with Crippen molar-refractivity contribution in [1.82, 2.24) is 0 Å². The van der Waals surface area contributed by atoms with Crippen LogP contribution in [-0.4, -0.2) is 22.4 Å². The van der Waals surface area contributed by atoms with Crippen LogP contribution in [0.25, 0.3) is 0 Å². The number of aliphatic hydroxyl groups is 2. The Morgan fingerprint density at radius 2 is 1.90 bits per heavy atom. The molecule has 0 bridgehead atoms. The van der Waals surface area contributed by atoms with E-state index in [1.54, 1.807) is 0 Å². The van der Waals surface area contributed by atoms with Gasteiger partial charge in [-0.25, -0.2) is 0 Å². The van der Waals surface area contributed by atoms with Crippen molar-refractivity contribution in [2.45, 2.75) is 64.6 Å². The van der Waals surface area contributed by atoms with E-state index < -0.39 is 0 Å². The van der Waals surface area contributed by atoms with Crippen molar-refractivity contribution in [3.8, 4) is 0 Å². The minimum Gasteiger partial charge on any atom is -0.389 e. The van der Waals surface area contributed by atoms with Gasteiger partial charge in [-0.15, -0.1) is 0 Å². The van der Waals surface area contributed by atoms with Gasteiger partial charge in [-0.2, -0.15) is 0 Å². The van der Waals surface area contributed by atoms with E-state index in [2.05, 4.69) is 26.0 Å². The van der Waals surface area contributed by atoms with Gasteiger partial charge >= 0.3 is 0 Å². The largest absolute Gasteiger partial charge is 0.389 e. The molecule has 7 atom stereocenters. The SMILES string of the molecule is C[C@@]12C=CCC1C1CC(O)C3=CC(O)CC[C@]3(C)C1CC2. The fourth-order valence-electron chi connectivity index (χ4n) is 6.24. The molecular formula is C19H28O2. The highest BCUT2D eigenvalue weighted by atomic mass is 16.3. The minimum absolute atomic E-state index is 0.117. The third kappa shape index (κ3) is 1.85. The van der Waals surface area contributed by atoms with Crippen molar-refractivity contribution >= 4 is 0 Å². The second kappa shape index (κ2) is 4.45. The predicted octanol–water partition coefficient (Wildman–Crippen LogP) is 3.45. The first-order valence-electron chi connectivity index (χ1n) is 8.70. The molecule has 0 spiro atoms. The zero-order chi connectivity index (χ0) is 14.8. The van der Waals surface area contributed by atoms with Crippen LogP contribution in [0.4, 0.5) is 0 Å². The normalized spacial score (nSPS) is 55.4. The Kier molecular flexibility index (Phi) is 2.97. The first-order chi connectivity index (χ1) is 9.94. The van der Waals surface area contributed by atoms with E-state index in [0.717, 1.165) is 30.8 Å². The lowest BCUT2D eigenvalue weighted by atomic mass is 9.47. The van der Waals surface area contributed by atoms with Crippen LogP contribution < -0.4 is 0 Å². The molecule has 0 amide bonds. The number of allylic oxidation sites excluding steroid dienone is 2. The van der Waals surface area contributed by atoms with Crippen LogP contribution in [-0.2, 0) is 0 Å². The molecule has 0 aromatic heterocycles. The van der Waals surface area contributed by atoms with Crippen LogP contribution in [0.15, 0.2) is 23.8 Å². The molecule has 0 aliphatic heterocycles. The summed E-state index contributed by atoms with van der Waals surface area (Å²) < 4.78 is 0. The van der Waals surface area contributed by atoms with Gasteiger partial charge in [0.05, 0.1) is 12.2 Å². The summed E-state index contributed by atoms with van der Waals surface area (Å²) in [5.41, 5.74) is 1.63. The smallest absolute Gasteiger partial charge is 0.0759 e. The van der Waals surface area contributed by atoms with Gasteiger partial charge in [0.2, 0.25) is 0 Å². The van der Waals surface area contributed by atoms with Crippen LogP contribution >= 0.6 is 0 Å². The van der Waals surface area contributed by atoms with Gasteiger partial charge in [0.15, 0.2) is 0 Å². The van der Waals surface area contributed by atoms with Crippen molar-refractivity contribution in [3.63, 3.8) is 0 Å². The van der Waals surface area contributed by atoms with Crippen molar-refractivity contribution in [1.29, 1.82) is 0 Å². The first kappa shape index (κ1) is 14.0. The lowest BCUT2D eigenvalue weighted by Gasteiger charge is -2.58. The van der Waals surface area contributed by atoms with Gasteiger partial charge in [-0.1, -0.05) is 32.1 Å². The van der Waals surface area contributed by atoms with Crippen molar-refractivity contribution < 1.29 is 10.2 Å². The molecular weight excluding hydrogens is 260 g/mol. The van der Waals surface area contributed by atoms with Crippen LogP contribution in [0.3, 0.4) is 0 Å². The maximum atomic E-state index is 10.7.